The highest BCUT2D eigenvalue weighted by Gasteiger charge is 2.20. The van der Waals surface area contributed by atoms with E-state index < -0.39 is 10.0 Å². The maximum Gasteiger partial charge on any atom is 0.238 e. The minimum absolute atomic E-state index is 0.00119. The Kier molecular flexibility index (Phi) is 3.88. The van der Waals surface area contributed by atoms with Gasteiger partial charge in [-0.2, -0.15) is 0 Å². The van der Waals surface area contributed by atoms with Crippen molar-refractivity contribution in [1.29, 1.82) is 0 Å². The van der Waals surface area contributed by atoms with Gasteiger partial charge in [0.25, 0.3) is 0 Å². The number of hydrogen-bond donors (Lipinski definition) is 3. The zero-order valence-corrected chi connectivity index (χ0v) is 11.5. The standard InChI is InChI=1S/C12H17N3O3S/c1-8-2-3-10(19(13,17)18)5-11(8)15-12(16)4-9-6-14-7-9/h2-3,5,9,14H,4,6-7H2,1H3,(H,15,16)(H2,13,17,18). The van der Waals surface area contributed by atoms with Crippen molar-refractivity contribution >= 4 is 21.6 Å². The summed E-state index contributed by atoms with van der Waals surface area (Å²) in [6, 6.07) is 4.44. The maximum atomic E-state index is 11.8. The van der Waals surface area contributed by atoms with Crippen molar-refractivity contribution < 1.29 is 13.2 Å². The molecule has 4 N–H and O–H groups in total. The second-order valence-corrected chi connectivity index (χ2v) is 6.36. The van der Waals surface area contributed by atoms with E-state index in [1.165, 1.54) is 12.1 Å². The van der Waals surface area contributed by atoms with Gasteiger partial charge in [0, 0.05) is 12.1 Å². The molecule has 1 heterocycles. The molecular formula is C12H17N3O3S. The van der Waals surface area contributed by atoms with Crippen LogP contribution in [0, 0.1) is 12.8 Å². The van der Waals surface area contributed by atoms with Gasteiger partial charge < -0.3 is 10.6 Å². The van der Waals surface area contributed by atoms with Crippen LogP contribution < -0.4 is 15.8 Å². The lowest BCUT2D eigenvalue weighted by atomic mass is 9.99. The average Bonchev–Trinajstić information content (AvgIpc) is 2.25. The largest absolute Gasteiger partial charge is 0.326 e. The number of hydrogen-bond acceptors (Lipinski definition) is 4. The molecule has 0 saturated carbocycles. The van der Waals surface area contributed by atoms with Crippen LogP contribution in [0.3, 0.4) is 0 Å². The maximum absolute atomic E-state index is 11.8. The van der Waals surface area contributed by atoms with Crippen LogP contribution in [-0.4, -0.2) is 27.4 Å². The van der Waals surface area contributed by atoms with Gasteiger partial charge in [0.15, 0.2) is 0 Å². The smallest absolute Gasteiger partial charge is 0.238 e. The lowest BCUT2D eigenvalue weighted by Gasteiger charge is -2.26. The van der Waals surface area contributed by atoms with Crippen LogP contribution in [-0.2, 0) is 14.8 Å². The fourth-order valence-electron chi connectivity index (χ4n) is 1.87. The zero-order valence-electron chi connectivity index (χ0n) is 10.6. The highest BCUT2D eigenvalue weighted by Crippen LogP contribution is 2.20. The average molecular weight is 283 g/mol. The van der Waals surface area contributed by atoms with Crippen LogP contribution in [0.2, 0.25) is 0 Å². The first-order chi connectivity index (χ1) is 8.86. The molecule has 2 rings (SSSR count). The van der Waals surface area contributed by atoms with Crippen molar-refractivity contribution in [3.8, 4) is 0 Å². The number of nitrogens with one attached hydrogen (secondary N) is 2. The molecule has 104 valence electrons. The molecule has 6 nitrogen and oxygen atoms in total. The first kappa shape index (κ1) is 14.0. The summed E-state index contributed by atoms with van der Waals surface area (Å²) in [5, 5.41) is 10.9. The Morgan fingerprint density at radius 3 is 2.68 bits per heavy atom. The third-order valence-corrected chi connectivity index (χ3v) is 4.06. The van der Waals surface area contributed by atoms with Gasteiger partial charge in [-0.25, -0.2) is 13.6 Å². The lowest BCUT2D eigenvalue weighted by molar-refractivity contribution is -0.117. The summed E-state index contributed by atoms with van der Waals surface area (Å²) in [5.74, 6) is 0.253. The van der Waals surface area contributed by atoms with Crippen molar-refractivity contribution in [3.63, 3.8) is 0 Å². The molecule has 0 spiro atoms. The number of anilines is 1. The topological polar surface area (TPSA) is 101 Å². The van der Waals surface area contributed by atoms with Crippen molar-refractivity contribution in [2.45, 2.75) is 18.2 Å². The molecule has 0 aliphatic carbocycles. The number of benzene rings is 1. The molecule has 0 radical (unpaired) electrons. The number of primary sulfonamides is 1. The molecular weight excluding hydrogens is 266 g/mol. The summed E-state index contributed by atoms with van der Waals surface area (Å²) >= 11 is 0. The Balaban J connectivity index is 2.12. The highest BCUT2D eigenvalue weighted by atomic mass is 32.2. The van der Waals surface area contributed by atoms with E-state index in [2.05, 4.69) is 10.6 Å². The second kappa shape index (κ2) is 5.28. The van der Waals surface area contributed by atoms with Crippen LogP contribution in [0.4, 0.5) is 5.69 Å². The van der Waals surface area contributed by atoms with E-state index in [-0.39, 0.29) is 10.8 Å². The van der Waals surface area contributed by atoms with E-state index in [9.17, 15) is 13.2 Å². The van der Waals surface area contributed by atoms with Gasteiger partial charge in [0.1, 0.15) is 0 Å². The summed E-state index contributed by atoms with van der Waals surface area (Å²) in [4.78, 5) is 11.8. The van der Waals surface area contributed by atoms with Gasteiger partial charge in [-0.05, 0) is 43.6 Å². The molecule has 1 aromatic carbocycles. The zero-order chi connectivity index (χ0) is 14.0. The van der Waals surface area contributed by atoms with Crippen LogP contribution in [0.1, 0.15) is 12.0 Å². The van der Waals surface area contributed by atoms with E-state index in [1.54, 1.807) is 13.0 Å². The third-order valence-electron chi connectivity index (χ3n) is 3.15. The summed E-state index contributed by atoms with van der Waals surface area (Å²) in [7, 11) is -3.76. The highest BCUT2D eigenvalue weighted by molar-refractivity contribution is 7.89. The molecule has 1 aliphatic heterocycles. The van der Waals surface area contributed by atoms with Crippen molar-refractivity contribution in [2.24, 2.45) is 11.1 Å². The molecule has 0 bridgehead atoms. The minimum atomic E-state index is -3.76. The molecule has 1 amide bonds. The van der Waals surface area contributed by atoms with Crippen LogP contribution >= 0.6 is 0 Å². The van der Waals surface area contributed by atoms with Gasteiger partial charge >= 0.3 is 0 Å². The lowest BCUT2D eigenvalue weighted by Crippen LogP contribution is -2.43. The van der Waals surface area contributed by atoms with Gasteiger partial charge in [0.2, 0.25) is 15.9 Å². The SMILES string of the molecule is Cc1ccc(S(N)(=O)=O)cc1NC(=O)CC1CNC1. The Hall–Kier alpha value is -1.44. The fraction of sp³-hybridized carbons (Fsp3) is 0.417. The molecule has 1 saturated heterocycles. The number of rotatable bonds is 4. The molecule has 7 heteroatoms. The first-order valence-electron chi connectivity index (χ1n) is 6.00. The molecule has 0 atom stereocenters. The number of amides is 1. The summed E-state index contributed by atoms with van der Waals surface area (Å²) < 4.78 is 22.5. The van der Waals surface area contributed by atoms with Gasteiger partial charge in [-0.1, -0.05) is 6.07 Å². The van der Waals surface area contributed by atoms with Gasteiger partial charge in [-0.3, -0.25) is 4.79 Å². The van der Waals surface area contributed by atoms with E-state index in [4.69, 9.17) is 5.14 Å². The van der Waals surface area contributed by atoms with Gasteiger partial charge in [-0.15, -0.1) is 0 Å². The van der Waals surface area contributed by atoms with E-state index in [0.717, 1.165) is 18.7 Å². The predicted molar refractivity (Wildman–Crippen MR) is 72.2 cm³/mol. The Morgan fingerprint density at radius 1 is 1.47 bits per heavy atom. The molecule has 1 fully saturated rings. The van der Waals surface area contributed by atoms with Gasteiger partial charge in [0.05, 0.1) is 4.90 Å². The Morgan fingerprint density at radius 2 is 2.16 bits per heavy atom. The Labute approximate surface area is 112 Å². The quantitative estimate of drug-likeness (QED) is 0.734. The van der Waals surface area contributed by atoms with Crippen LogP contribution in [0.5, 0.6) is 0 Å². The number of nitrogens with two attached hydrogens (primary N) is 1. The van der Waals surface area contributed by atoms with Crippen molar-refractivity contribution in [1.82, 2.24) is 5.32 Å². The predicted octanol–water partition coefficient (Wildman–Crippen LogP) is 0.190. The molecule has 0 unspecified atom stereocenters. The number of carbonyl (C=O) groups is 1. The molecule has 1 aromatic rings. The summed E-state index contributed by atoms with van der Waals surface area (Å²) in [6.07, 6.45) is 0.437. The van der Waals surface area contributed by atoms with Crippen molar-refractivity contribution in [2.75, 3.05) is 18.4 Å². The number of carbonyl (C=O) groups excluding carboxylic acids is 1. The normalized spacial score (nSPS) is 15.9. The van der Waals surface area contributed by atoms with E-state index in [0.29, 0.717) is 18.0 Å². The summed E-state index contributed by atoms with van der Waals surface area (Å²) in [6.45, 7) is 3.50. The molecule has 19 heavy (non-hydrogen) atoms. The fourth-order valence-corrected chi connectivity index (χ4v) is 2.41. The van der Waals surface area contributed by atoms with Crippen molar-refractivity contribution in [3.05, 3.63) is 23.8 Å². The van der Waals surface area contributed by atoms with Crippen LogP contribution in [0.25, 0.3) is 0 Å². The number of sulfonamides is 1. The van der Waals surface area contributed by atoms with E-state index >= 15 is 0 Å². The minimum Gasteiger partial charge on any atom is -0.326 e. The third kappa shape index (κ3) is 3.52. The first-order valence-corrected chi connectivity index (χ1v) is 7.55. The Bertz CT molecular complexity index is 594. The summed E-state index contributed by atoms with van der Waals surface area (Å²) in [5.41, 5.74) is 1.29. The molecule has 1 aliphatic rings. The van der Waals surface area contributed by atoms with E-state index in [1.807, 2.05) is 0 Å². The number of aryl methyl sites for hydroxylation is 1. The molecule has 0 aromatic heterocycles. The second-order valence-electron chi connectivity index (χ2n) is 4.80. The van der Waals surface area contributed by atoms with Crippen LogP contribution in [0.15, 0.2) is 23.1 Å². The monoisotopic (exact) mass is 283 g/mol.